The first-order valence-corrected chi connectivity index (χ1v) is 7.43. The maximum atomic E-state index is 4.59. The average Bonchev–Trinajstić information content (AvgIpc) is 2.79. The van der Waals surface area contributed by atoms with Crippen LogP contribution in [0.2, 0.25) is 0 Å². The quantitative estimate of drug-likeness (QED) is 0.870. The highest BCUT2D eigenvalue weighted by atomic mass is 79.9. The summed E-state index contributed by atoms with van der Waals surface area (Å²) in [6.07, 6.45) is 3.74. The zero-order valence-corrected chi connectivity index (χ0v) is 13.8. The van der Waals surface area contributed by atoms with Gasteiger partial charge in [0.15, 0.2) is 0 Å². The predicted octanol–water partition coefficient (Wildman–Crippen LogP) is 3.23. The van der Waals surface area contributed by atoms with Crippen LogP contribution in [0.15, 0.2) is 29.1 Å². The van der Waals surface area contributed by atoms with Crippen LogP contribution in [0.5, 0.6) is 0 Å². The van der Waals surface area contributed by atoms with Crippen molar-refractivity contribution in [1.29, 1.82) is 0 Å². The van der Waals surface area contributed by atoms with Gasteiger partial charge in [-0.15, -0.1) is 0 Å². The smallest absolute Gasteiger partial charge is 0.137 e. The number of hydrogen-bond acceptors (Lipinski definition) is 4. The van der Waals surface area contributed by atoms with Crippen molar-refractivity contribution in [3.63, 3.8) is 0 Å². The molecule has 5 nitrogen and oxygen atoms in total. The van der Waals surface area contributed by atoms with Crippen molar-refractivity contribution in [2.45, 2.75) is 45.7 Å². The summed E-state index contributed by atoms with van der Waals surface area (Å²) in [5.41, 5.74) is -0.0779. The van der Waals surface area contributed by atoms with Crippen LogP contribution in [0.1, 0.15) is 33.5 Å². The van der Waals surface area contributed by atoms with Crippen LogP contribution in [0, 0.1) is 0 Å². The van der Waals surface area contributed by atoms with Gasteiger partial charge in [0, 0.05) is 29.9 Å². The van der Waals surface area contributed by atoms with E-state index >= 15 is 0 Å². The molecular weight excluding hydrogens is 318 g/mol. The van der Waals surface area contributed by atoms with E-state index in [1.54, 1.807) is 6.20 Å². The number of aromatic nitrogens is 4. The van der Waals surface area contributed by atoms with Gasteiger partial charge in [-0.3, -0.25) is 4.68 Å². The third kappa shape index (κ3) is 4.03. The van der Waals surface area contributed by atoms with Crippen molar-refractivity contribution < 1.29 is 0 Å². The number of nitrogens with zero attached hydrogens (tertiary/aromatic N) is 4. The molecule has 0 spiro atoms. The molecule has 1 N–H and O–H groups in total. The fourth-order valence-corrected chi connectivity index (χ4v) is 2.20. The lowest BCUT2D eigenvalue weighted by Gasteiger charge is -2.20. The van der Waals surface area contributed by atoms with Gasteiger partial charge in [0.1, 0.15) is 16.2 Å². The first-order chi connectivity index (χ1) is 9.34. The number of rotatable bonds is 4. The molecule has 0 aliphatic carbocycles. The Hall–Kier alpha value is -1.43. The molecule has 0 aliphatic rings. The molecule has 0 radical (unpaired) electrons. The summed E-state index contributed by atoms with van der Waals surface area (Å²) in [5, 5.41) is 7.60. The second-order valence-electron chi connectivity index (χ2n) is 5.92. The molecule has 0 aromatic carbocycles. The minimum atomic E-state index is -0.0779. The van der Waals surface area contributed by atoms with E-state index in [0.29, 0.717) is 0 Å². The van der Waals surface area contributed by atoms with E-state index < -0.39 is 0 Å². The highest BCUT2D eigenvalue weighted by molar-refractivity contribution is 9.10. The van der Waals surface area contributed by atoms with Crippen LogP contribution in [0.25, 0.3) is 0 Å². The third-order valence-corrected chi connectivity index (χ3v) is 3.19. The van der Waals surface area contributed by atoms with Gasteiger partial charge >= 0.3 is 0 Å². The summed E-state index contributed by atoms with van der Waals surface area (Å²) < 4.78 is 2.70. The Bertz CT molecular complexity index is 559. The normalized spacial score (nSPS) is 13.2. The van der Waals surface area contributed by atoms with Gasteiger partial charge in [0.2, 0.25) is 0 Å². The summed E-state index contributed by atoms with van der Waals surface area (Å²) in [5.74, 6) is 1.65. The Labute approximate surface area is 128 Å². The molecule has 2 aromatic rings. The molecule has 2 aromatic heterocycles. The van der Waals surface area contributed by atoms with Crippen molar-refractivity contribution in [2.24, 2.45) is 0 Å². The molecular formula is C14H20BrN5. The molecule has 6 heteroatoms. The fourth-order valence-electron chi connectivity index (χ4n) is 1.81. The summed E-state index contributed by atoms with van der Waals surface area (Å²) in [6, 6.07) is 4.05. The van der Waals surface area contributed by atoms with Gasteiger partial charge in [0.25, 0.3) is 0 Å². The monoisotopic (exact) mass is 337 g/mol. The van der Waals surface area contributed by atoms with Crippen LogP contribution in [-0.4, -0.2) is 25.8 Å². The molecule has 1 atom stereocenters. The Morgan fingerprint density at radius 1 is 1.35 bits per heavy atom. The molecule has 0 amide bonds. The van der Waals surface area contributed by atoms with Crippen molar-refractivity contribution in [1.82, 2.24) is 19.7 Å². The molecule has 0 saturated heterocycles. The maximum absolute atomic E-state index is 4.59. The van der Waals surface area contributed by atoms with Gasteiger partial charge in [-0.25, -0.2) is 9.97 Å². The first kappa shape index (κ1) is 15.0. The Kier molecular flexibility index (Phi) is 4.42. The summed E-state index contributed by atoms with van der Waals surface area (Å²) in [4.78, 5) is 9.03. The van der Waals surface area contributed by atoms with E-state index in [1.807, 2.05) is 23.0 Å². The molecule has 0 fully saturated rings. The van der Waals surface area contributed by atoms with E-state index in [1.165, 1.54) is 0 Å². The van der Waals surface area contributed by atoms with Crippen molar-refractivity contribution in [3.8, 4) is 0 Å². The highest BCUT2D eigenvalue weighted by Gasteiger charge is 2.19. The van der Waals surface area contributed by atoms with Gasteiger partial charge in [-0.1, -0.05) is 20.8 Å². The zero-order valence-electron chi connectivity index (χ0n) is 12.3. The Balaban J connectivity index is 2.11. The highest BCUT2D eigenvalue weighted by Crippen LogP contribution is 2.22. The van der Waals surface area contributed by atoms with Crippen molar-refractivity contribution in [2.75, 3.05) is 5.32 Å². The largest absolute Gasteiger partial charge is 0.366 e. The molecule has 0 bridgehead atoms. The van der Waals surface area contributed by atoms with E-state index in [4.69, 9.17) is 0 Å². The van der Waals surface area contributed by atoms with Crippen molar-refractivity contribution in [3.05, 3.63) is 35.0 Å². The van der Waals surface area contributed by atoms with Gasteiger partial charge in [-0.05, 0) is 28.9 Å². The average molecular weight is 338 g/mol. The van der Waals surface area contributed by atoms with Gasteiger partial charge in [0.05, 0.1) is 6.54 Å². The zero-order chi connectivity index (χ0) is 14.8. The van der Waals surface area contributed by atoms with Crippen LogP contribution in [0.3, 0.4) is 0 Å². The molecule has 20 heavy (non-hydrogen) atoms. The van der Waals surface area contributed by atoms with Crippen LogP contribution in [0.4, 0.5) is 5.82 Å². The molecule has 2 rings (SSSR count). The molecule has 1 unspecified atom stereocenters. The van der Waals surface area contributed by atoms with Gasteiger partial charge in [-0.2, -0.15) is 5.10 Å². The number of nitrogens with one attached hydrogen (secondary N) is 1. The van der Waals surface area contributed by atoms with Crippen molar-refractivity contribution >= 4 is 21.7 Å². The van der Waals surface area contributed by atoms with Crippen LogP contribution >= 0.6 is 15.9 Å². The lowest BCUT2D eigenvalue weighted by atomic mass is 9.96. The Morgan fingerprint density at radius 3 is 2.70 bits per heavy atom. The lowest BCUT2D eigenvalue weighted by molar-refractivity contribution is 0.538. The van der Waals surface area contributed by atoms with E-state index in [9.17, 15) is 0 Å². The molecule has 0 aliphatic heterocycles. The minimum absolute atomic E-state index is 0.0779. The number of anilines is 1. The fraction of sp³-hybridized carbons (Fsp3) is 0.500. The topological polar surface area (TPSA) is 55.6 Å². The van der Waals surface area contributed by atoms with Gasteiger partial charge < -0.3 is 5.32 Å². The van der Waals surface area contributed by atoms with E-state index in [0.717, 1.165) is 22.8 Å². The second-order valence-corrected chi connectivity index (χ2v) is 6.74. The minimum Gasteiger partial charge on any atom is -0.366 e. The summed E-state index contributed by atoms with van der Waals surface area (Å²) >= 11 is 3.45. The van der Waals surface area contributed by atoms with Crippen LogP contribution < -0.4 is 5.32 Å². The second kappa shape index (κ2) is 5.91. The first-order valence-electron chi connectivity index (χ1n) is 6.63. The van der Waals surface area contributed by atoms with E-state index in [-0.39, 0.29) is 11.5 Å². The molecule has 108 valence electrons. The summed E-state index contributed by atoms with van der Waals surface area (Å²) in [6.45, 7) is 9.21. The lowest BCUT2D eigenvalue weighted by Crippen LogP contribution is -2.24. The maximum Gasteiger partial charge on any atom is 0.137 e. The van der Waals surface area contributed by atoms with Crippen LogP contribution in [-0.2, 0) is 12.0 Å². The molecule has 2 heterocycles. The number of hydrogen-bond donors (Lipinski definition) is 1. The Morgan fingerprint density at radius 2 is 2.10 bits per heavy atom. The predicted molar refractivity (Wildman–Crippen MR) is 83.7 cm³/mol. The summed E-state index contributed by atoms with van der Waals surface area (Å²) in [7, 11) is 0. The van der Waals surface area contributed by atoms with E-state index in [2.05, 4.69) is 64.0 Å². The third-order valence-electron chi connectivity index (χ3n) is 2.78. The molecule has 0 saturated carbocycles. The number of halogens is 1. The standard InChI is InChI=1S/C14H20BrN5/c1-10(9-20-7-5-6-16-20)17-12-8-11(15)18-13(19-12)14(2,3)4/h5-8,10H,9H2,1-4H3,(H,17,18,19). The SMILES string of the molecule is CC(Cn1cccn1)Nc1cc(Br)nc(C(C)(C)C)n1.